The number of halogens is 1. The zero-order valence-corrected chi connectivity index (χ0v) is 19.6. The highest BCUT2D eigenvalue weighted by Crippen LogP contribution is 2.33. The molecule has 1 aliphatic heterocycles. The Morgan fingerprint density at radius 2 is 1.74 bits per heavy atom. The standard InChI is InChI=1S/C22H27ClN2O5S/c1-14-6-5-7-15(2)25(14)22(26)18-12-16(23)8-10-19(18)24-31(27,28)21-13-17(29-3)9-11-20(21)30-4/h8-15,24H,5-7H2,1-4H3. The number of rotatable bonds is 6. The number of carbonyl (C=O) groups is 1. The predicted octanol–water partition coefficient (Wildman–Crippen LogP) is 4.56. The molecule has 0 spiro atoms. The first-order valence-corrected chi connectivity index (χ1v) is 11.9. The molecule has 0 aliphatic carbocycles. The smallest absolute Gasteiger partial charge is 0.265 e. The van der Waals surface area contributed by atoms with E-state index in [1.54, 1.807) is 17.0 Å². The molecule has 168 valence electrons. The number of nitrogens with zero attached hydrogens (tertiary/aromatic N) is 1. The second-order valence-electron chi connectivity index (χ2n) is 7.65. The van der Waals surface area contributed by atoms with Gasteiger partial charge in [-0.05, 0) is 63.4 Å². The highest BCUT2D eigenvalue weighted by atomic mass is 35.5. The summed E-state index contributed by atoms with van der Waals surface area (Å²) < 4.78 is 39.3. The summed E-state index contributed by atoms with van der Waals surface area (Å²) in [6, 6.07) is 9.14. The molecule has 2 atom stereocenters. The van der Waals surface area contributed by atoms with Crippen molar-refractivity contribution in [3.05, 3.63) is 47.0 Å². The SMILES string of the molecule is COc1ccc(OC)c(S(=O)(=O)Nc2ccc(Cl)cc2C(=O)N2C(C)CCCC2C)c1. The molecule has 0 radical (unpaired) electrons. The van der Waals surface area contributed by atoms with Gasteiger partial charge in [0, 0.05) is 23.2 Å². The van der Waals surface area contributed by atoms with Gasteiger partial charge in [-0.1, -0.05) is 11.6 Å². The van der Waals surface area contributed by atoms with Gasteiger partial charge in [0.05, 0.1) is 25.5 Å². The van der Waals surface area contributed by atoms with E-state index in [1.807, 2.05) is 13.8 Å². The van der Waals surface area contributed by atoms with Crippen LogP contribution in [0.15, 0.2) is 41.3 Å². The molecule has 7 nitrogen and oxygen atoms in total. The van der Waals surface area contributed by atoms with Crippen LogP contribution >= 0.6 is 11.6 Å². The van der Waals surface area contributed by atoms with Crippen LogP contribution in [-0.4, -0.2) is 45.5 Å². The molecule has 9 heteroatoms. The minimum Gasteiger partial charge on any atom is -0.497 e. The zero-order valence-electron chi connectivity index (χ0n) is 18.0. The van der Waals surface area contributed by atoms with E-state index in [0.717, 1.165) is 19.3 Å². The molecule has 31 heavy (non-hydrogen) atoms. The second kappa shape index (κ2) is 9.36. The third-order valence-corrected chi connectivity index (χ3v) is 7.17. The first kappa shape index (κ1) is 23.2. The topological polar surface area (TPSA) is 84.9 Å². The maximum absolute atomic E-state index is 13.4. The van der Waals surface area contributed by atoms with E-state index in [-0.39, 0.29) is 39.9 Å². The Morgan fingerprint density at radius 1 is 1.06 bits per heavy atom. The van der Waals surface area contributed by atoms with Gasteiger partial charge in [0.2, 0.25) is 0 Å². The minimum atomic E-state index is -4.08. The Labute approximate surface area is 188 Å². The Kier molecular flexibility index (Phi) is 7.01. The molecule has 2 aromatic carbocycles. The number of amides is 1. The lowest BCUT2D eigenvalue weighted by molar-refractivity contribution is 0.0512. The predicted molar refractivity (Wildman–Crippen MR) is 121 cm³/mol. The Balaban J connectivity index is 2.02. The average Bonchev–Trinajstić information content (AvgIpc) is 2.74. The number of carbonyl (C=O) groups excluding carboxylic acids is 1. The lowest BCUT2D eigenvalue weighted by Gasteiger charge is -2.39. The molecule has 1 fully saturated rings. The fourth-order valence-corrected chi connectivity index (χ4v) is 5.37. The summed E-state index contributed by atoms with van der Waals surface area (Å²) >= 11 is 6.16. The molecule has 0 bridgehead atoms. The van der Waals surface area contributed by atoms with Gasteiger partial charge in [-0.25, -0.2) is 8.42 Å². The Hall–Kier alpha value is -2.45. The molecular formula is C22H27ClN2O5S. The minimum absolute atomic E-state index is 0.0539. The molecule has 0 aromatic heterocycles. The van der Waals surface area contributed by atoms with E-state index >= 15 is 0 Å². The summed E-state index contributed by atoms with van der Waals surface area (Å²) in [5.74, 6) is 0.274. The number of hydrogen-bond acceptors (Lipinski definition) is 5. The lowest BCUT2D eigenvalue weighted by Crippen LogP contribution is -2.47. The van der Waals surface area contributed by atoms with Crippen molar-refractivity contribution in [3.8, 4) is 11.5 Å². The van der Waals surface area contributed by atoms with Crippen molar-refractivity contribution in [1.82, 2.24) is 4.90 Å². The maximum Gasteiger partial charge on any atom is 0.265 e. The quantitative estimate of drug-likeness (QED) is 0.674. The number of likely N-dealkylation sites (tertiary alicyclic amines) is 1. The van der Waals surface area contributed by atoms with Gasteiger partial charge in [0.15, 0.2) is 0 Å². The number of hydrogen-bond donors (Lipinski definition) is 1. The van der Waals surface area contributed by atoms with Crippen molar-refractivity contribution in [3.63, 3.8) is 0 Å². The van der Waals surface area contributed by atoms with Crippen LogP contribution in [0.3, 0.4) is 0 Å². The molecular weight excluding hydrogens is 440 g/mol. The van der Waals surface area contributed by atoms with E-state index in [2.05, 4.69) is 4.72 Å². The molecule has 1 heterocycles. The van der Waals surface area contributed by atoms with Crippen LogP contribution in [0.2, 0.25) is 5.02 Å². The summed E-state index contributed by atoms with van der Waals surface area (Å²) in [6.45, 7) is 4.01. The maximum atomic E-state index is 13.4. The Morgan fingerprint density at radius 3 is 2.35 bits per heavy atom. The van der Waals surface area contributed by atoms with Gasteiger partial charge in [0.25, 0.3) is 15.9 Å². The second-order valence-corrected chi connectivity index (χ2v) is 9.74. The number of methoxy groups -OCH3 is 2. The van der Waals surface area contributed by atoms with Crippen molar-refractivity contribution in [2.75, 3.05) is 18.9 Å². The third-order valence-electron chi connectivity index (χ3n) is 5.54. The highest BCUT2D eigenvalue weighted by Gasteiger charge is 2.32. The van der Waals surface area contributed by atoms with Crippen molar-refractivity contribution in [2.45, 2.75) is 50.1 Å². The van der Waals surface area contributed by atoms with Crippen molar-refractivity contribution < 1.29 is 22.7 Å². The van der Waals surface area contributed by atoms with Crippen LogP contribution in [-0.2, 0) is 10.0 Å². The number of ether oxygens (including phenoxy) is 2. The number of piperidine rings is 1. The van der Waals surface area contributed by atoms with Crippen LogP contribution in [0.1, 0.15) is 43.5 Å². The first-order valence-electron chi connectivity index (χ1n) is 10.0. The van der Waals surface area contributed by atoms with Crippen LogP contribution in [0.4, 0.5) is 5.69 Å². The molecule has 1 aliphatic rings. The summed E-state index contributed by atoms with van der Waals surface area (Å²) in [5.41, 5.74) is 0.364. The van der Waals surface area contributed by atoms with Gasteiger partial charge in [-0.2, -0.15) is 0 Å². The third kappa shape index (κ3) is 4.91. The van der Waals surface area contributed by atoms with Crippen LogP contribution in [0.5, 0.6) is 11.5 Å². The lowest BCUT2D eigenvalue weighted by atomic mass is 9.96. The molecule has 1 saturated heterocycles. The van der Waals surface area contributed by atoms with Gasteiger partial charge in [-0.15, -0.1) is 0 Å². The fourth-order valence-electron chi connectivity index (χ4n) is 3.94. The summed E-state index contributed by atoms with van der Waals surface area (Å²) in [7, 11) is -1.25. The highest BCUT2D eigenvalue weighted by molar-refractivity contribution is 7.92. The average molecular weight is 467 g/mol. The van der Waals surface area contributed by atoms with Crippen LogP contribution < -0.4 is 14.2 Å². The summed E-state index contributed by atoms with van der Waals surface area (Å²) in [4.78, 5) is 15.1. The Bertz CT molecular complexity index is 1060. The van der Waals surface area contributed by atoms with Gasteiger partial charge in [0.1, 0.15) is 16.4 Å². The number of anilines is 1. The molecule has 1 amide bonds. The van der Waals surface area contributed by atoms with E-state index in [1.165, 1.54) is 38.5 Å². The number of sulfonamides is 1. The van der Waals surface area contributed by atoms with E-state index < -0.39 is 10.0 Å². The van der Waals surface area contributed by atoms with Crippen molar-refractivity contribution in [1.29, 1.82) is 0 Å². The van der Waals surface area contributed by atoms with E-state index in [0.29, 0.717) is 10.8 Å². The monoisotopic (exact) mass is 466 g/mol. The van der Waals surface area contributed by atoms with Gasteiger partial charge >= 0.3 is 0 Å². The largest absolute Gasteiger partial charge is 0.497 e. The van der Waals surface area contributed by atoms with Crippen LogP contribution in [0, 0.1) is 0 Å². The van der Waals surface area contributed by atoms with Crippen LogP contribution in [0.25, 0.3) is 0 Å². The summed E-state index contributed by atoms with van der Waals surface area (Å²) in [5, 5.41) is 0.350. The zero-order chi connectivity index (χ0) is 22.8. The molecule has 1 N–H and O–H groups in total. The van der Waals surface area contributed by atoms with E-state index in [4.69, 9.17) is 21.1 Å². The van der Waals surface area contributed by atoms with Gasteiger partial charge in [-0.3, -0.25) is 9.52 Å². The first-order chi connectivity index (χ1) is 14.7. The fraction of sp³-hybridized carbons (Fsp3) is 0.409. The molecule has 2 aromatic rings. The number of nitrogens with one attached hydrogen (secondary N) is 1. The molecule has 0 saturated carbocycles. The number of benzene rings is 2. The van der Waals surface area contributed by atoms with E-state index in [9.17, 15) is 13.2 Å². The van der Waals surface area contributed by atoms with Crippen molar-refractivity contribution in [2.24, 2.45) is 0 Å². The summed E-state index contributed by atoms with van der Waals surface area (Å²) in [6.07, 6.45) is 2.86. The normalized spacial score (nSPS) is 19.1. The van der Waals surface area contributed by atoms with Crippen molar-refractivity contribution >= 4 is 33.2 Å². The van der Waals surface area contributed by atoms with Gasteiger partial charge < -0.3 is 14.4 Å². The molecule has 2 unspecified atom stereocenters. The molecule has 3 rings (SSSR count).